The first-order chi connectivity index (χ1) is 9.65. The molecule has 110 valence electrons. The second-order valence-corrected chi connectivity index (χ2v) is 5.24. The van der Waals surface area contributed by atoms with E-state index in [2.05, 4.69) is 19.2 Å². The number of amides is 1. The molecule has 1 aliphatic heterocycles. The molecule has 2 unspecified atom stereocenters. The number of hydrogen-bond acceptors (Lipinski definition) is 3. The number of rotatable bonds is 5. The summed E-state index contributed by atoms with van der Waals surface area (Å²) < 4.78 is 11.5. The van der Waals surface area contributed by atoms with Crippen LogP contribution in [0.25, 0.3) is 0 Å². The van der Waals surface area contributed by atoms with Crippen molar-refractivity contribution in [1.29, 1.82) is 0 Å². The van der Waals surface area contributed by atoms with Gasteiger partial charge in [0.2, 0.25) is 6.10 Å². The van der Waals surface area contributed by atoms with Gasteiger partial charge >= 0.3 is 0 Å². The lowest BCUT2D eigenvalue weighted by Gasteiger charge is -2.31. The van der Waals surface area contributed by atoms with Gasteiger partial charge in [0.25, 0.3) is 5.91 Å². The highest BCUT2D eigenvalue weighted by molar-refractivity contribution is 5.82. The van der Waals surface area contributed by atoms with Gasteiger partial charge in [0, 0.05) is 6.54 Å². The first-order valence-corrected chi connectivity index (χ1v) is 7.35. The predicted molar refractivity (Wildman–Crippen MR) is 78.0 cm³/mol. The van der Waals surface area contributed by atoms with E-state index in [1.54, 1.807) is 0 Å². The van der Waals surface area contributed by atoms with Gasteiger partial charge in [0.1, 0.15) is 6.10 Å². The van der Waals surface area contributed by atoms with Crippen LogP contribution >= 0.6 is 0 Å². The van der Waals surface area contributed by atoms with E-state index in [0.717, 1.165) is 12.8 Å². The average Bonchev–Trinajstić information content (AvgIpc) is 2.47. The van der Waals surface area contributed by atoms with Crippen LogP contribution in [0.1, 0.15) is 33.6 Å². The van der Waals surface area contributed by atoms with Crippen LogP contribution in [0.2, 0.25) is 0 Å². The van der Waals surface area contributed by atoms with Crippen LogP contribution in [0.15, 0.2) is 24.3 Å². The average molecular weight is 277 g/mol. The van der Waals surface area contributed by atoms with Gasteiger partial charge in [0.15, 0.2) is 11.5 Å². The molecular weight excluding hydrogens is 254 g/mol. The molecule has 1 heterocycles. The topological polar surface area (TPSA) is 47.6 Å². The molecule has 0 saturated heterocycles. The SMILES string of the molecule is CCC(CC)CNC(=O)C1Oc2ccccc2OC1C. The van der Waals surface area contributed by atoms with Crippen molar-refractivity contribution >= 4 is 5.91 Å². The molecule has 2 rings (SSSR count). The van der Waals surface area contributed by atoms with Gasteiger partial charge in [-0.15, -0.1) is 0 Å². The Labute approximate surface area is 120 Å². The molecule has 0 bridgehead atoms. The maximum Gasteiger partial charge on any atom is 0.265 e. The molecule has 20 heavy (non-hydrogen) atoms. The molecule has 0 aliphatic carbocycles. The molecule has 4 nitrogen and oxygen atoms in total. The summed E-state index contributed by atoms with van der Waals surface area (Å²) >= 11 is 0. The highest BCUT2D eigenvalue weighted by Crippen LogP contribution is 2.33. The summed E-state index contributed by atoms with van der Waals surface area (Å²) in [5, 5.41) is 2.97. The minimum absolute atomic E-state index is 0.0982. The molecular formula is C16H23NO3. The molecule has 0 spiro atoms. The summed E-state index contributed by atoms with van der Waals surface area (Å²) in [6.45, 7) is 6.83. The number of fused-ring (bicyclic) bond motifs is 1. The van der Waals surface area contributed by atoms with Gasteiger partial charge < -0.3 is 14.8 Å². The zero-order chi connectivity index (χ0) is 14.5. The van der Waals surface area contributed by atoms with E-state index in [-0.39, 0.29) is 12.0 Å². The monoisotopic (exact) mass is 277 g/mol. The summed E-state index contributed by atoms with van der Waals surface area (Å²) in [5.74, 6) is 1.75. The van der Waals surface area contributed by atoms with Crippen LogP contribution in [-0.4, -0.2) is 24.7 Å². The van der Waals surface area contributed by atoms with Crippen LogP contribution in [0.3, 0.4) is 0 Å². The first kappa shape index (κ1) is 14.7. The molecule has 0 aromatic heterocycles. The number of nitrogens with one attached hydrogen (secondary N) is 1. The van der Waals surface area contributed by atoms with E-state index < -0.39 is 6.10 Å². The minimum atomic E-state index is -0.584. The molecule has 0 fully saturated rings. The Kier molecular flexibility index (Phi) is 4.88. The maximum atomic E-state index is 12.2. The maximum absolute atomic E-state index is 12.2. The second kappa shape index (κ2) is 6.64. The Hall–Kier alpha value is -1.71. The van der Waals surface area contributed by atoms with E-state index in [4.69, 9.17) is 9.47 Å². The van der Waals surface area contributed by atoms with E-state index in [0.29, 0.717) is 24.0 Å². The van der Waals surface area contributed by atoms with Crippen LogP contribution in [0, 0.1) is 5.92 Å². The second-order valence-electron chi connectivity index (χ2n) is 5.24. The molecule has 1 aliphatic rings. The number of para-hydroxylation sites is 2. The third kappa shape index (κ3) is 3.24. The number of benzene rings is 1. The lowest BCUT2D eigenvalue weighted by atomic mass is 10.0. The van der Waals surface area contributed by atoms with Gasteiger partial charge in [-0.25, -0.2) is 0 Å². The van der Waals surface area contributed by atoms with Crippen LogP contribution in [0.4, 0.5) is 0 Å². The normalized spacial score (nSPS) is 20.8. The van der Waals surface area contributed by atoms with E-state index in [9.17, 15) is 4.79 Å². The smallest absolute Gasteiger partial charge is 0.265 e. The van der Waals surface area contributed by atoms with Crippen molar-refractivity contribution in [3.63, 3.8) is 0 Å². The standard InChI is InChI=1S/C16H23NO3/c1-4-12(5-2)10-17-16(18)15-11(3)19-13-8-6-7-9-14(13)20-15/h6-9,11-12,15H,4-5,10H2,1-3H3,(H,17,18). The summed E-state index contributed by atoms with van der Waals surface area (Å²) in [6.07, 6.45) is 1.26. The number of carbonyl (C=O) groups is 1. The van der Waals surface area contributed by atoms with Gasteiger partial charge in [0.05, 0.1) is 0 Å². The van der Waals surface area contributed by atoms with E-state index in [1.165, 1.54) is 0 Å². The molecule has 0 saturated carbocycles. The zero-order valence-electron chi connectivity index (χ0n) is 12.4. The highest BCUT2D eigenvalue weighted by atomic mass is 16.6. The zero-order valence-corrected chi connectivity index (χ0v) is 12.4. The number of ether oxygens (including phenoxy) is 2. The predicted octanol–water partition coefficient (Wildman–Crippen LogP) is 2.77. The van der Waals surface area contributed by atoms with Gasteiger partial charge in [-0.1, -0.05) is 38.8 Å². The molecule has 1 aromatic rings. The minimum Gasteiger partial charge on any atom is -0.482 e. The van der Waals surface area contributed by atoms with Crippen molar-refractivity contribution in [3.8, 4) is 11.5 Å². The molecule has 4 heteroatoms. The van der Waals surface area contributed by atoms with Crippen molar-refractivity contribution in [2.75, 3.05) is 6.54 Å². The molecule has 1 amide bonds. The van der Waals surface area contributed by atoms with E-state index >= 15 is 0 Å². The van der Waals surface area contributed by atoms with Crippen molar-refractivity contribution in [1.82, 2.24) is 5.32 Å². The summed E-state index contributed by atoms with van der Waals surface area (Å²) in [5.41, 5.74) is 0. The van der Waals surface area contributed by atoms with E-state index in [1.807, 2.05) is 31.2 Å². The lowest BCUT2D eigenvalue weighted by Crippen LogP contribution is -2.49. The third-order valence-electron chi connectivity index (χ3n) is 3.82. The number of hydrogen-bond donors (Lipinski definition) is 1. The fourth-order valence-corrected chi connectivity index (χ4v) is 2.33. The largest absolute Gasteiger partial charge is 0.482 e. The van der Waals surface area contributed by atoms with Crippen molar-refractivity contribution < 1.29 is 14.3 Å². The van der Waals surface area contributed by atoms with Crippen LogP contribution < -0.4 is 14.8 Å². The Balaban J connectivity index is 1.97. The Morgan fingerprint density at radius 1 is 1.20 bits per heavy atom. The van der Waals surface area contributed by atoms with Gasteiger partial charge in [-0.3, -0.25) is 4.79 Å². The molecule has 2 atom stereocenters. The first-order valence-electron chi connectivity index (χ1n) is 7.35. The number of carbonyl (C=O) groups excluding carboxylic acids is 1. The lowest BCUT2D eigenvalue weighted by molar-refractivity contribution is -0.133. The van der Waals surface area contributed by atoms with Crippen LogP contribution in [0.5, 0.6) is 11.5 Å². The Morgan fingerprint density at radius 2 is 1.80 bits per heavy atom. The fraction of sp³-hybridized carbons (Fsp3) is 0.562. The van der Waals surface area contributed by atoms with Gasteiger partial charge in [-0.2, -0.15) is 0 Å². The molecule has 1 aromatic carbocycles. The summed E-state index contributed by atoms with van der Waals surface area (Å²) in [4.78, 5) is 12.2. The van der Waals surface area contributed by atoms with Crippen molar-refractivity contribution in [2.45, 2.75) is 45.8 Å². The Morgan fingerprint density at radius 3 is 2.40 bits per heavy atom. The van der Waals surface area contributed by atoms with Crippen molar-refractivity contribution in [2.24, 2.45) is 5.92 Å². The molecule has 0 radical (unpaired) electrons. The highest BCUT2D eigenvalue weighted by Gasteiger charge is 2.33. The summed E-state index contributed by atoms with van der Waals surface area (Å²) in [7, 11) is 0. The fourth-order valence-electron chi connectivity index (χ4n) is 2.33. The summed E-state index contributed by atoms with van der Waals surface area (Å²) in [6, 6.07) is 7.44. The quantitative estimate of drug-likeness (QED) is 0.900. The van der Waals surface area contributed by atoms with Crippen LogP contribution in [-0.2, 0) is 4.79 Å². The molecule has 1 N–H and O–H groups in total. The van der Waals surface area contributed by atoms with Gasteiger partial charge in [-0.05, 0) is 25.0 Å². The third-order valence-corrected chi connectivity index (χ3v) is 3.82. The Bertz CT molecular complexity index is 457. The van der Waals surface area contributed by atoms with Crippen molar-refractivity contribution in [3.05, 3.63) is 24.3 Å².